The third-order valence-corrected chi connectivity index (χ3v) is 3.75. The van der Waals surface area contributed by atoms with Crippen molar-refractivity contribution in [1.29, 1.82) is 0 Å². The minimum absolute atomic E-state index is 0.0174. The van der Waals surface area contributed by atoms with Crippen LogP contribution in [0.15, 0.2) is 24.8 Å². The summed E-state index contributed by atoms with van der Waals surface area (Å²) in [7, 11) is 0. The number of rotatable bonds is 6. The van der Waals surface area contributed by atoms with Crippen molar-refractivity contribution >= 4 is 23.1 Å². The van der Waals surface area contributed by atoms with Crippen molar-refractivity contribution in [2.24, 2.45) is 0 Å². The van der Waals surface area contributed by atoms with E-state index in [9.17, 15) is 14.7 Å². The molecule has 1 unspecified atom stereocenters. The Bertz CT molecular complexity index is 848. The van der Waals surface area contributed by atoms with E-state index in [0.29, 0.717) is 12.1 Å². The number of imidazole rings is 1. The van der Waals surface area contributed by atoms with Gasteiger partial charge in [0, 0.05) is 6.92 Å². The van der Waals surface area contributed by atoms with Gasteiger partial charge in [0.05, 0.1) is 6.33 Å². The van der Waals surface area contributed by atoms with Gasteiger partial charge in [-0.25, -0.2) is 14.8 Å². The summed E-state index contributed by atoms with van der Waals surface area (Å²) in [4.78, 5) is 34.8. The van der Waals surface area contributed by atoms with E-state index >= 15 is 0 Å². The zero-order valence-corrected chi connectivity index (χ0v) is 14.2. The van der Waals surface area contributed by atoms with Crippen LogP contribution in [0.25, 0.3) is 11.2 Å². The molecule has 3 heterocycles. The Morgan fingerprint density at radius 1 is 1.35 bits per heavy atom. The highest BCUT2D eigenvalue weighted by Crippen LogP contribution is 2.26. The van der Waals surface area contributed by atoms with Gasteiger partial charge in [0.15, 0.2) is 23.5 Å². The smallest absolute Gasteiger partial charge is 0.347 e. The molecule has 10 heteroatoms. The second-order valence-electron chi connectivity index (χ2n) is 5.61. The molecule has 0 spiro atoms. The number of hydrogen-bond donors (Lipinski definition) is 1. The minimum atomic E-state index is -0.925. The van der Waals surface area contributed by atoms with Gasteiger partial charge in [-0.15, -0.1) is 0 Å². The molecule has 26 heavy (non-hydrogen) atoms. The number of ether oxygens (including phenoxy) is 3. The molecule has 1 N–H and O–H groups in total. The van der Waals surface area contributed by atoms with Crippen LogP contribution in [-0.2, 0) is 23.8 Å². The lowest BCUT2D eigenvalue weighted by molar-refractivity contribution is -0.169. The lowest BCUT2D eigenvalue weighted by Crippen LogP contribution is -2.30. The van der Waals surface area contributed by atoms with Gasteiger partial charge in [0.25, 0.3) is 0 Å². The van der Waals surface area contributed by atoms with Gasteiger partial charge in [-0.2, -0.15) is 4.98 Å². The first kappa shape index (κ1) is 17.8. The van der Waals surface area contributed by atoms with Crippen molar-refractivity contribution in [3.8, 4) is 5.88 Å². The number of esters is 2. The summed E-state index contributed by atoms with van der Waals surface area (Å²) < 4.78 is 17.5. The van der Waals surface area contributed by atoms with E-state index in [1.165, 1.54) is 19.6 Å². The standard InChI is InChI=1S/C16H18N4O6/c1-3-11(25-9(2)21)16(23)24-6-10-4-5-12(26-10)20-8-19-13-14(20)17-7-18-15(13)22/h4-5,7-8,10-12H,3,6H2,1-2H3,(H,17,18,22)/t10-,11?,12+/m0/s1. The largest absolute Gasteiger partial charge is 0.492 e. The average molecular weight is 362 g/mol. The van der Waals surface area contributed by atoms with E-state index < -0.39 is 30.4 Å². The number of aromatic nitrogens is 4. The van der Waals surface area contributed by atoms with E-state index in [-0.39, 0.29) is 18.0 Å². The Labute approximate surface area is 148 Å². The van der Waals surface area contributed by atoms with E-state index in [1.807, 2.05) is 0 Å². The molecule has 0 saturated carbocycles. The molecule has 138 valence electrons. The molecule has 2 aromatic rings. The molecular weight excluding hydrogens is 344 g/mol. The highest BCUT2D eigenvalue weighted by molar-refractivity contribution is 5.78. The predicted molar refractivity (Wildman–Crippen MR) is 86.8 cm³/mol. The van der Waals surface area contributed by atoms with E-state index in [0.717, 1.165) is 0 Å². The summed E-state index contributed by atoms with van der Waals surface area (Å²) in [5, 5.41) is 9.68. The fourth-order valence-corrected chi connectivity index (χ4v) is 2.52. The van der Waals surface area contributed by atoms with Gasteiger partial charge in [-0.3, -0.25) is 9.36 Å². The molecule has 0 fully saturated rings. The fourth-order valence-electron chi connectivity index (χ4n) is 2.52. The molecule has 0 aliphatic carbocycles. The maximum absolute atomic E-state index is 11.9. The zero-order chi connectivity index (χ0) is 18.7. The maximum Gasteiger partial charge on any atom is 0.347 e. The van der Waals surface area contributed by atoms with E-state index in [1.54, 1.807) is 23.6 Å². The lowest BCUT2D eigenvalue weighted by Gasteiger charge is -2.18. The van der Waals surface area contributed by atoms with Gasteiger partial charge in [0.2, 0.25) is 5.88 Å². The van der Waals surface area contributed by atoms with Crippen molar-refractivity contribution < 1.29 is 28.9 Å². The number of carbonyl (C=O) groups is 2. The zero-order valence-electron chi connectivity index (χ0n) is 14.2. The number of fused-ring (bicyclic) bond motifs is 1. The van der Waals surface area contributed by atoms with E-state index in [4.69, 9.17) is 14.2 Å². The summed E-state index contributed by atoms with van der Waals surface area (Å²) in [6.45, 7) is 2.94. The normalized spacial score (nSPS) is 20.2. The molecule has 1 aliphatic rings. The average Bonchev–Trinajstić information content (AvgIpc) is 3.24. The van der Waals surface area contributed by atoms with Crippen molar-refractivity contribution in [1.82, 2.24) is 19.5 Å². The van der Waals surface area contributed by atoms with Crippen LogP contribution < -0.4 is 0 Å². The molecule has 0 bridgehead atoms. The van der Waals surface area contributed by atoms with Crippen molar-refractivity contribution in [3.05, 3.63) is 24.8 Å². The molecule has 0 amide bonds. The summed E-state index contributed by atoms with van der Waals surface area (Å²) in [6.07, 6.45) is 4.65. The molecule has 10 nitrogen and oxygen atoms in total. The van der Waals surface area contributed by atoms with Crippen LogP contribution in [0.4, 0.5) is 0 Å². The minimum Gasteiger partial charge on any atom is -0.492 e. The van der Waals surface area contributed by atoms with Gasteiger partial charge < -0.3 is 19.3 Å². The number of hydrogen-bond acceptors (Lipinski definition) is 9. The maximum atomic E-state index is 11.9. The van der Waals surface area contributed by atoms with Crippen LogP contribution in [0.1, 0.15) is 26.5 Å². The fraction of sp³-hybridized carbons (Fsp3) is 0.438. The first-order chi connectivity index (χ1) is 12.5. The van der Waals surface area contributed by atoms with Gasteiger partial charge in [-0.1, -0.05) is 13.0 Å². The van der Waals surface area contributed by atoms with Crippen molar-refractivity contribution in [2.75, 3.05) is 6.61 Å². The number of aromatic hydroxyl groups is 1. The SMILES string of the molecule is CCC(OC(C)=O)C(=O)OC[C@@H]1C=C[C@H](n2cnc3c(O)ncnc32)O1. The highest BCUT2D eigenvalue weighted by Gasteiger charge is 2.26. The lowest BCUT2D eigenvalue weighted by atomic mass is 10.3. The summed E-state index contributed by atoms with van der Waals surface area (Å²) in [5.74, 6) is -1.37. The first-order valence-electron chi connectivity index (χ1n) is 8.03. The topological polar surface area (TPSA) is 126 Å². The second kappa shape index (κ2) is 7.48. The second-order valence-corrected chi connectivity index (χ2v) is 5.61. The summed E-state index contributed by atoms with van der Waals surface area (Å²) in [6, 6.07) is 0. The highest BCUT2D eigenvalue weighted by atomic mass is 16.6. The van der Waals surface area contributed by atoms with Crippen LogP contribution in [0.2, 0.25) is 0 Å². The molecule has 3 atom stereocenters. The third-order valence-electron chi connectivity index (χ3n) is 3.75. The molecule has 0 saturated heterocycles. The Hall–Kier alpha value is -3.01. The summed E-state index contributed by atoms with van der Waals surface area (Å²) >= 11 is 0. The van der Waals surface area contributed by atoms with Crippen molar-refractivity contribution in [2.45, 2.75) is 38.7 Å². The molecule has 0 aromatic carbocycles. The Morgan fingerprint density at radius 3 is 2.88 bits per heavy atom. The van der Waals surface area contributed by atoms with E-state index in [2.05, 4.69) is 15.0 Å². The molecule has 3 rings (SSSR count). The first-order valence-corrected chi connectivity index (χ1v) is 8.03. The van der Waals surface area contributed by atoms with Crippen LogP contribution in [0.3, 0.4) is 0 Å². The van der Waals surface area contributed by atoms with Crippen LogP contribution in [0.5, 0.6) is 5.88 Å². The Morgan fingerprint density at radius 2 is 2.15 bits per heavy atom. The third kappa shape index (κ3) is 3.64. The molecule has 1 aliphatic heterocycles. The quantitative estimate of drug-likeness (QED) is 0.588. The number of carbonyl (C=O) groups excluding carboxylic acids is 2. The van der Waals surface area contributed by atoms with Crippen molar-refractivity contribution in [3.63, 3.8) is 0 Å². The number of nitrogens with zero attached hydrogens (tertiary/aromatic N) is 4. The molecule has 2 aromatic heterocycles. The Balaban J connectivity index is 1.59. The predicted octanol–water partition coefficient (Wildman–Crippen LogP) is 0.870. The molecular formula is C16H18N4O6. The summed E-state index contributed by atoms with van der Waals surface area (Å²) in [5.41, 5.74) is 0.692. The van der Waals surface area contributed by atoms with Crippen LogP contribution in [0, 0.1) is 0 Å². The van der Waals surface area contributed by atoms with Gasteiger partial charge in [-0.05, 0) is 12.5 Å². The van der Waals surface area contributed by atoms with Crippen LogP contribution in [-0.4, -0.2) is 55.4 Å². The Kier molecular flexibility index (Phi) is 5.12. The van der Waals surface area contributed by atoms with Crippen LogP contribution >= 0.6 is 0 Å². The van der Waals surface area contributed by atoms with Gasteiger partial charge in [0.1, 0.15) is 19.0 Å². The molecule has 0 radical (unpaired) electrons. The monoisotopic (exact) mass is 362 g/mol. The van der Waals surface area contributed by atoms with Gasteiger partial charge >= 0.3 is 11.9 Å².